The molecule has 150 valence electrons. The summed E-state index contributed by atoms with van der Waals surface area (Å²) in [6, 6.07) is 13.1. The molecule has 0 bridgehead atoms. The van der Waals surface area contributed by atoms with E-state index in [-0.39, 0.29) is 23.1 Å². The number of nitrogens with one attached hydrogen (secondary N) is 1. The molecule has 0 fully saturated rings. The fraction of sp³-hybridized carbons (Fsp3) is 0.227. The summed E-state index contributed by atoms with van der Waals surface area (Å²) in [6.07, 6.45) is 1.44. The number of hydrogen-bond acceptors (Lipinski definition) is 6. The number of amides is 1. The lowest BCUT2D eigenvalue weighted by atomic mass is 10.1. The predicted octanol–water partition coefficient (Wildman–Crippen LogP) is 3.35. The molecular weight excluding hydrogens is 372 g/mol. The van der Waals surface area contributed by atoms with E-state index in [1.807, 2.05) is 6.07 Å². The van der Waals surface area contributed by atoms with Crippen molar-refractivity contribution in [1.29, 1.82) is 5.26 Å². The molecule has 2 aromatic rings. The van der Waals surface area contributed by atoms with Crippen LogP contribution in [-0.4, -0.2) is 32.1 Å². The molecule has 0 atom stereocenters. The van der Waals surface area contributed by atoms with Gasteiger partial charge in [0.15, 0.2) is 11.5 Å². The number of methoxy groups -OCH3 is 2. The third-order valence-corrected chi connectivity index (χ3v) is 3.79. The molecule has 0 saturated carbocycles. The molecule has 0 aliphatic heterocycles. The van der Waals surface area contributed by atoms with Crippen molar-refractivity contribution in [1.82, 2.24) is 5.32 Å². The van der Waals surface area contributed by atoms with Gasteiger partial charge >= 0.3 is 5.97 Å². The maximum absolute atomic E-state index is 12.4. The van der Waals surface area contributed by atoms with Crippen LogP contribution in [0.2, 0.25) is 0 Å². The van der Waals surface area contributed by atoms with Crippen molar-refractivity contribution in [3.8, 4) is 23.3 Å². The Morgan fingerprint density at radius 3 is 2.45 bits per heavy atom. The van der Waals surface area contributed by atoms with Crippen LogP contribution in [-0.2, 0) is 4.79 Å². The molecule has 0 aliphatic rings. The molecule has 2 aromatic carbocycles. The van der Waals surface area contributed by atoms with E-state index >= 15 is 0 Å². The molecule has 0 spiro atoms. The predicted molar refractivity (Wildman–Crippen MR) is 108 cm³/mol. The number of carbonyl (C=O) groups is 2. The largest absolute Gasteiger partial charge is 0.497 e. The van der Waals surface area contributed by atoms with Crippen LogP contribution in [0.5, 0.6) is 17.2 Å². The van der Waals surface area contributed by atoms with Gasteiger partial charge in [-0.15, -0.1) is 0 Å². The van der Waals surface area contributed by atoms with E-state index in [1.54, 1.807) is 50.2 Å². The number of nitrogens with zero attached hydrogens (tertiary/aromatic N) is 1. The van der Waals surface area contributed by atoms with Gasteiger partial charge in [0.25, 0.3) is 5.91 Å². The maximum Gasteiger partial charge on any atom is 0.343 e. The molecule has 1 N–H and O–H groups in total. The van der Waals surface area contributed by atoms with Gasteiger partial charge in [0.1, 0.15) is 17.4 Å². The van der Waals surface area contributed by atoms with Gasteiger partial charge < -0.3 is 19.5 Å². The van der Waals surface area contributed by atoms with Crippen LogP contribution >= 0.6 is 0 Å². The summed E-state index contributed by atoms with van der Waals surface area (Å²) in [6.45, 7) is 3.61. The van der Waals surface area contributed by atoms with Gasteiger partial charge in [0, 0.05) is 6.04 Å². The summed E-state index contributed by atoms with van der Waals surface area (Å²) in [4.78, 5) is 24.5. The normalized spacial score (nSPS) is 10.8. The summed E-state index contributed by atoms with van der Waals surface area (Å²) in [5.41, 5.74) is 0.841. The molecule has 0 aromatic heterocycles. The molecule has 0 unspecified atom stereocenters. The Bertz CT molecular complexity index is 973. The van der Waals surface area contributed by atoms with E-state index in [2.05, 4.69) is 5.32 Å². The lowest BCUT2D eigenvalue weighted by molar-refractivity contribution is -0.117. The Morgan fingerprint density at radius 1 is 1.07 bits per heavy atom. The molecule has 0 radical (unpaired) electrons. The highest BCUT2D eigenvalue weighted by Gasteiger charge is 2.15. The summed E-state index contributed by atoms with van der Waals surface area (Å²) in [5.74, 6) is 0.00397. The first-order valence-electron chi connectivity index (χ1n) is 8.84. The van der Waals surface area contributed by atoms with E-state index in [0.29, 0.717) is 16.9 Å². The average molecular weight is 394 g/mol. The summed E-state index contributed by atoms with van der Waals surface area (Å²) in [7, 11) is 2.94. The van der Waals surface area contributed by atoms with E-state index in [1.165, 1.54) is 26.4 Å². The van der Waals surface area contributed by atoms with Gasteiger partial charge in [0.05, 0.1) is 19.8 Å². The zero-order valence-corrected chi connectivity index (χ0v) is 16.7. The van der Waals surface area contributed by atoms with Crippen molar-refractivity contribution in [2.45, 2.75) is 19.9 Å². The van der Waals surface area contributed by atoms with Crippen LogP contribution < -0.4 is 19.5 Å². The molecule has 7 nitrogen and oxygen atoms in total. The third kappa shape index (κ3) is 5.84. The van der Waals surface area contributed by atoms with Gasteiger partial charge in [-0.3, -0.25) is 4.79 Å². The summed E-state index contributed by atoms with van der Waals surface area (Å²) < 4.78 is 15.8. The minimum Gasteiger partial charge on any atom is -0.497 e. The monoisotopic (exact) mass is 394 g/mol. The van der Waals surface area contributed by atoms with Crippen molar-refractivity contribution < 1.29 is 23.8 Å². The topological polar surface area (TPSA) is 97.7 Å². The van der Waals surface area contributed by atoms with E-state index < -0.39 is 11.9 Å². The van der Waals surface area contributed by atoms with Gasteiger partial charge in [-0.05, 0) is 55.8 Å². The SMILES string of the molecule is COc1cccc(C(=O)Oc2ccc(/C=C(\C#N)C(=O)NC(C)C)cc2OC)c1. The van der Waals surface area contributed by atoms with Crippen LogP contribution in [0.1, 0.15) is 29.8 Å². The smallest absolute Gasteiger partial charge is 0.343 e. The van der Waals surface area contributed by atoms with Crippen LogP contribution in [0.15, 0.2) is 48.0 Å². The minimum atomic E-state index is -0.570. The maximum atomic E-state index is 12.4. The van der Waals surface area contributed by atoms with Crippen molar-refractivity contribution in [3.05, 3.63) is 59.2 Å². The highest BCUT2D eigenvalue weighted by Crippen LogP contribution is 2.30. The molecule has 2 rings (SSSR count). The van der Waals surface area contributed by atoms with E-state index in [9.17, 15) is 14.9 Å². The van der Waals surface area contributed by atoms with Crippen molar-refractivity contribution in [3.63, 3.8) is 0 Å². The quantitative estimate of drug-likeness (QED) is 0.335. The van der Waals surface area contributed by atoms with Crippen LogP contribution in [0.25, 0.3) is 6.08 Å². The van der Waals surface area contributed by atoms with Gasteiger partial charge in [0.2, 0.25) is 0 Å². The molecule has 0 aliphatic carbocycles. The third-order valence-electron chi connectivity index (χ3n) is 3.79. The average Bonchev–Trinajstić information content (AvgIpc) is 2.72. The molecule has 7 heteroatoms. The number of rotatable bonds is 7. The van der Waals surface area contributed by atoms with Crippen LogP contribution in [0.4, 0.5) is 0 Å². The fourth-order valence-electron chi connectivity index (χ4n) is 2.42. The van der Waals surface area contributed by atoms with E-state index in [0.717, 1.165) is 0 Å². The first-order valence-corrected chi connectivity index (χ1v) is 8.84. The zero-order chi connectivity index (χ0) is 21.4. The summed E-state index contributed by atoms with van der Waals surface area (Å²) >= 11 is 0. The number of benzene rings is 2. The Labute approximate surface area is 169 Å². The van der Waals surface area contributed by atoms with Crippen molar-refractivity contribution >= 4 is 18.0 Å². The van der Waals surface area contributed by atoms with Crippen LogP contribution in [0, 0.1) is 11.3 Å². The highest BCUT2D eigenvalue weighted by atomic mass is 16.6. The first-order chi connectivity index (χ1) is 13.9. The van der Waals surface area contributed by atoms with Crippen molar-refractivity contribution in [2.24, 2.45) is 0 Å². The first kappa shape index (κ1) is 21.5. The second-order valence-corrected chi connectivity index (χ2v) is 6.33. The number of esters is 1. The number of nitriles is 1. The Kier molecular flexibility index (Phi) is 7.38. The van der Waals surface area contributed by atoms with E-state index in [4.69, 9.17) is 14.2 Å². The molecular formula is C22H22N2O5. The van der Waals surface area contributed by atoms with Gasteiger partial charge in [-0.2, -0.15) is 5.26 Å². The summed E-state index contributed by atoms with van der Waals surface area (Å²) in [5, 5.41) is 11.9. The lowest BCUT2D eigenvalue weighted by Gasteiger charge is -2.11. The second-order valence-electron chi connectivity index (χ2n) is 6.33. The highest BCUT2D eigenvalue weighted by molar-refractivity contribution is 6.01. The van der Waals surface area contributed by atoms with Gasteiger partial charge in [-0.1, -0.05) is 12.1 Å². The lowest BCUT2D eigenvalue weighted by Crippen LogP contribution is -2.30. The number of carbonyl (C=O) groups excluding carboxylic acids is 2. The standard InChI is InChI=1S/C22H22N2O5/c1-14(2)24-21(25)17(13-23)10-15-8-9-19(20(11-15)28-4)29-22(26)16-6-5-7-18(12-16)27-3/h5-12,14H,1-4H3,(H,24,25)/b17-10+. The minimum absolute atomic E-state index is 0.0399. The Hall–Kier alpha value is -3.79. The van der Waals surface area contributed by atoms with Crippen molar-refractivity contribution in [2.75, 3.05) is 14.2 Å². The molecule has 29 heavy (non-hydrogen) atoms. The van der Waals surface area contributed by atoms with Crippen LogP contribution in [0.3, 0.4) is 0 Å². The fourth-order valence-corrected chi connectivity index (χ4v) is 2.42. The molecule has 0 heterocycles. The second kappa shape index (κ2) is 9.95. The zero-order valence-electron chi connectivity index (χ0n) is 16.7. The number of ether oxygens (including phenoxy) is 3. The number of hydrogen-bond donors (Lipinski definition) is 1. The van der Waals surface area contributed by atoms with Gasteiger partial charge in [-0.25, -0.2) is 4.79 Å². The molecule has 0 saturated heterocycles. The Morgan fingerprint density at radius 2 is 1.83 bits per heavy atom. The Balaban J connectivity index is 2.26. The molecule has 1 amide bonds.